The molecule has 3 rings (SSSR count). The number of benzene rings is 1. The summed E-state index contributed by atoms with van der Waals surface area (Å²) < 4.78 is 5.39. The van der Waals surface area contributed by atoms with Crippen molar-refractivity contribution in [1.82, 2.24) is 0 Å². The lowest BCUT2D eigenvalue weighted by molar-refractivity contribution is 0.502. The van der Waals surface area contributed by atoms with Crippen LogP contribution in [0.1, 0.15) is 5.76 Å². The highest BCUT2D eigenvalue weighted by Crippen LogP contribution is 2.29. The van der Waals surface area contributed by atoms with Crippen molar-refractivity contribution in [2.24, 2.45) is 0 Å². The van der Waals surface area contributed by atoms with Crippen LogP contribution in [0.5, 0.6) is 0 Å². The maximum atomic E-state index is 5.39. The fourth-order valence-corrected chi connectivity index (χ4v) is 2.10. The molecule has 0 atom stereocenters. The van der Waals surface area contributed by atoms with E-state index in [-0.39, 0.29) is 0 Å². The number of hydrogen-bond acceptors (Lipinski definition) is 3. The van der Waals surface area contributed by atoms with Gasteiger partial charge in [-0.05, 0) is 24.3 Å². The molecule has 0 unspecified atom stereocenters. The summed E-state index contributed by atoms with van der Waals surface area (Å²) in [5.41, 5.74) is 2.46. The molecule has 0 radical (unpaired) electrons. The van der Waals surface area contributed by atoms with E-state index in [0.29, 0.717) is 0 Å². The van der Waals surface area contributed by atoms with Crippen LogP contribution >= 0.6 is 0 Å². The van der Waals surface area contributed by atoms with E-state index >= 15 is 0 Å². The molecule has 82 valence electrons. The Morgan fingerprint density at radius 1 is 1.19 bits per heavy atom. The average molecular weight is 214 g/mol. The molecular formula is C13H14N2O. The summed E-state index contributed by atoms with van der Waals surface area (Å²) in [6.45, 7) is 2.83. The lowest BCUT2D eigenvalue weighted by Gasteiger charge is -2.31. The second kappa shape index (κ2) is 3.93. The summed E-state index contributed by atoms with van der Waals surface area (Å²) in [4.78, 5) is 2.34. The predicted octanol–water partition coefficient (Wildman–Crippen LogP) is 2.71. The maximum Gasteiger partial charge on any atom is 0.123 e. The van der Waals surface area contributed by atoms with Gasteiger partial charge in [-0.1, -0.05) is 12.1 Å². The van der Waals surface area contributed by atoms with Crippen molar-refractivity contribution >= 4 is 11.4 Å². The van der Waals surface area contributed by atoms with Crippen molar-refractivity contribution in [2.45, 2.75) is 6.54 Å². The van der Waals surface area contributed by atoms with E-state index in [0.717, 1.165) is 25.4 Å². The Kier molecular flexibility index (Phi) is 2.29. The molecule has 0 aliphatic carbocycles. The first kappa shape index (κ1) is 9.33. The number of fused-ring (bicyclic) bond motifs is 1. The van der Waals surface area contributed by atoms with Crippen LogP contribution in [0.3, 0.4) is 0 Å². The SMILES string of the molecule is c1coc(CN2CCNc3ccccc32)c1. The molecule has 0 saturated heterocycles. The first-order chi connectivity index (χ1) is 7.93. The quantitative estimate of drug-likeness (QED) is 0.833. The number of furan rings is 1. The topological polar surface area (TPSA) is 28.4 Å². The molecule has 2 heterocycles. The lowest BCUT2D eigenvalue weighted by Crippen LogP contribution is -2.33. The maximum absolute atomic E-state index is 5.39. The van der Waals surface area contributed by atoms with Crippen LogP contribution in [0, 0.1) is 0 Å². The number of nitrogens with zero attached hydrogens (tertiary/aromatic N) is 1. The van der Waals surface area contributed by atoms with Crippen LogP contribution < -0.4 is 10.2 Å². The molecule has 0 saturated carbocycles. The first-order valence-electron chi connectivity index (χ1n) is 5.54. The molecule has 3 nitrogen and oxygen atoms in total. The van der Waals surface area contributed by atoms with E-state index in [4.69, 9.17) is 4.42 Å². The minimum Gasteiger partial charge on any atom is -0.467 e. The van der Waals surface area contributed by atoms with Gasteiger partial charge >= 0.3 is 0 Å². The highest BCUT2D eigenvalue weighted by molar-refractivity contribution is 5.71. The number of rotatable bonds is 2. The van der Waals surface area contributed by atoms with Gasteiger partial charge in [-0.15, -0.1) is 0 Å². The second-order valence-electron chi connectivity index (χ2n) is 3.94. The van der Waals surface area contributed by atoms with Gasteiger partial charge in [0.05, 0.1) is 24.2 Å². The zero-order valence-corrected chi connectivity index (χ0v) is 9.02. The van der Waals surface area contributed by atoms with E-state index in [1.54, 1.807) is 6.26 Å². The van der Waals surface area contributed by atoms with E-state index in [1.165, 1.54) is 11.4 Å². The molecular weight excluding hydrogens is 200 g/mol. The zero-order chi connectivity index (χ0) is 10.8. The number of nitrogens with one attached hydrogen (secondary N) is 1. The largest absolute Gasteiger partial charge is 0.467 e. The normalized spacial score (nSPS) is 14.4. The van der Waals surface area contributed by atoms with Crippen LogP contribution in [-0.2, 0) is 6.54 Å². The smallest absolute Gasteiger partial charge is 0.123 e. The lowest BCUT2D eigenvalue weighted by atomic mass is 10.2. The molecule has 1 aromatic heterocycles. The van der Waals surface area contributed by atoms with Crippen molar-refractivity contribution in [3.05, 3.63) is 48.4 Å². The van der Waals surface area contributed by atoms with Crippen LogP contribution in [0.15, 0.2) is 47.1 Å². The predicted molar refractivity (Wildman–Crippen MR) is 64.7 cm³/mol. The second-order valence-corrected chi connectivity index (χ2v) is 3.94. The third-order valence-corrected chi connectivity index (χ3v) is 2.87. The van der Waals surface area contributed by atoms with Gasteiger partial charge in [0, 0.05) is 13.1 Å². The van der Waals surface area contributed by atoms with E-state index in [2.05, 4.69) is 34.5 Å². The Morgan fingerprint density at radius 2 is 2.12 bits per heavy atom. The van der Waals surface area contributed by atoms with Gasteiger partial charge in [-0.3, -0.25) is 0 Å². The zero-order valence-electron chi connectivity index (χ0n) is 9.02. The van der Waals surface area contributed by atoms with Gasteiger partial charge < -0.3 is 14.6 Å². The molecule has 1 aliphatic heterocycles. The molecule has 0 spiro atoms. The summed E-state index contributed by atoms with van der Waals surface area (Å²) in [5, 5.41) is 3.40. The van der Waals surface area contributed by atoms with Crippen LogP contribution in [-0.4, -0.2) is 13.1 Å². The molecule has 1 N–H and O–H groups in total. The van der Waals surface area contributed by atoms with E-state index in [1.807, 2.05) is 12.1 Å². The summed E-state index contributed by atoms with van der Waals surface area (Å²) in [6, 6.07) is 12.3. The first-order valence-corrected chi connectivity index (χ1v) is 5.54. The Hall–Kier alpha value is -1.90. The van der Waals surface area contributed by atoms with Gasteiger partial charge in [0.15, 0.2) is 0 Å². The standard InChI is InChI=1S/C13H14N2O/c1-2-6-13-12(5-1)14-7-8-15(13)10-11-4-3-9-16-11/h1-6,9,14H,7-8,10H2. The molecule has 1 aromatic carbocycles. The minimum atomic E-state index is 0.839. The van der Waals surface area contributed by atoms with Crippen molar-refractivity contribution in [3.63, 3.8) is 0 Å². The van der Waals surface area contributed by atoms with Crippen LogP contribution in [0.2, 0.25) is 0 Å². The van der Waals surface area contributed by atoms with Gasteiger partial charge in [0.25, 0.3) is 0 Å². The number of para-hydroxylation sites is 2. The van der Waals surface area contributed by atoms with Gasteiger partial charge in [0.2, 0.25) is 0 Å². The molecule has 1 aliphatic rings. The van der Waals surface area contributed by atoms with Crippen LogP contribution in [0.25, 0.3) is 0 Å². The van der Waals surface area contributed by atoms with E-state index < -0.39 is 0 Å². The molecule has 3 heteroatoms. The summed E-state index contributed by atoms with van der Waals surface area (Å²) >= 11 is 0. The van der Waals surface area contributed by atoms with E-state index in [9.17, 15) is 0 Å². The third kappa shape index (κ3) is 1.65. The highest BCUT2D eigenvalue weighted by Gasteiger charge is 2.16. The molecule has 0 fully saturated rings. The number of anilines is 2. The van der Waals surface area contributed by atoms with Crippen molar-refractivity contribution in [1.29, 1.82) is 0 Å². The average Bonchev–Trinajstić information content (AvgIpc) is 2.82. The monoisotopic (exact) mass is 214 g/mol. The van der Waals surface area contributed by atoms with Gasteiger partial charge in [-0.2, -0.15) is 0 Å². The fourth-order valence-electron chi connectivity index (χ4n) is 2.10. The van der Waals surface area contributed by atoms with Crippen LogP contribution in [0.4, 0.5) is 11.4 Å². The molecule has 0 amide bonds. The summed E-state index contributed by atoms with van der Waals surface area (Å²) in [7, 11) is 0. The number of hydrogen-bond donors (Lipinski definition) is 1. The third-order valence-electron chi connectivity index (χ3n) is 2.87. The Morgan fingerprint density at radius 3 is 3.00 bits per heavy atom. The molecule has 0 bridgehead atoms. The Labute approximate surface area is 94.7 Å². The highest BCUT2D eigenvalue weighted by atomic mass is 16.3. The van der Waals surface area contributed by atoms with Gasteiger partial charge in [0.1, 0.15) is 5.76 Å². The minimum absolute atomic E-state index is 0.839. The Balaban J connectivity index is 1.87. The Bertz CT molecular complexity index is 465. The summed E-state index contributed by atoms with van der Waals surface area (Å²) in [5.74, 6) is 1.01. The molecule has 2 aromatic rings. The molecule has 16 heavy (non-hydrogen) atoms. The van der Waals surface area contributed by atoms with Gasteiger partial charge in [-0.25, -0.2) is 0 Å². The van der Waals surface area contributed by atoms with Crippen molar-refractivity contribution in [2.75, 3.05) is 23.3 Å². The van der Waals surface area contributed by atoms with Crippen molar-refractivity contribution < 1.29 is 4.42 Å². The fraction of sp³-hybridized carbons (Fsp3) is 0.231. The summed E-state index contributed by atoms with van der Waals surface area (Å²) in [6.07, 6.45) is 1.73. The van der Waals surface area contributed by atoms with Crippen molar-refractivity contribution in [3.8, 4) is 0 Å².